The number of para-hydroxylation sites is 2. The zero-order valence-corrected chi connectivity index (χ0v) is 31.8. The Morgan fingerprint density at radius 2 is 0.862 bits per heavy atom. The van der Waals surface area contributed by atoms with Crippen molar-refractivity contribution < 1.29 is 0 Å². The molecule has 2 nitrogen and oxygen atoms in total. The summed E-state index contributed by atoms with van der Waals surface area (Å²) in [6, 6.07) is 83.7. The number of fused-ring (bicyclic) bond motifs is 5. The third-order valence-corrected chi connectivity index (χ3v) is 11.5. The van der Waals surface area contributed by atoms with Gasteiger partial charge in [-0.15, -0.1) is 0 Å². The van der Waals surface area contributed by atoms with Crippen molar-refractivity contribution in [2.24, 2.45) is 0 Å². The molecule has 0 N–H and O–H groups in total. The lowest BCUT2D eigenvalue weighted by Crippen LogP contribution is -2.10. The molecule has 0 radical (unpaired) electrons. The fourth-order valence-corrected chi connectivity index (χ4v) is 8.82. The van der Waals surface area contributed by atoms with E-state index in [0.717, 1.165) is 22.7 Å². The third-order valence-electron chi connectivity index (χ3n) is 11.5. The molecule has 0 amide bonds. The monoisotopic (exact) mass is 738 g/mol. The lowest BCUT2D eigenvalue weighted by molar-refractivity contribution is 1.18. The topological polar surface area (TPSA) is 8.17 Å². The molecule has 2 heteroatoms. The predicted octanol–water partition coefficient (Wildman–Crippen LogP) is 15.6. The molecular weight excluding hydrogens is 701 g/mol. The van der Waals surface area contributed by atoms with Gasteiger partial charge in [0.25, 0.3) is 0 Å². The van der Waals surface area contributed by atoms with Gasteiger partial charge in [0.2, 0.25) is 0 Å². The molecular formula is C56H38N2. The normalized spacial score (nSPS) is 11.4. The first kappa shape index (κ1) is 33.6. The maximum Gasteiger partial charge on any atom is 0.0553 e. The second kappa shape index (κ2) is 14.1. The van der Waals surface area contributed by atoms with Crippen molar-refractivity contribution >= 4 is 60.4 Å². The first-order valence-electron chi connectivity index (χ1n) is 19.9. The second-order valence-electron chi connectivity index (χ2n) is 15.0. The minimum atomic E-state index is 1.10. The van der Waals surface area contributed by atoms with Crippen molar-refractivity contribution in [3.63, 3.8) is 0 Å². The van der Waals surface area contributed by atoms with Gasteiger partial charge in [0.05, 0.1) is 11.0 Å². The molecule has 58 heavy (non-hydrogen) atoms. The highest BCUT2D eigenvalue weighted by Gasteiger charge is 2.21. The molecule has 0 saturated carbocycles. The average molecular weight is 739 g/mol. The molecule has 0 unspecified atom stereocenters. The maximum absolute atomic E-state index is 2.42. The molecule has 1 aromatic heterocycles. The summed E-state index contributed by atoms with van der Waals surface area (Å²) in [5.74, 6) is 0. The van der Waals surface area contributed by atoms with Crippen LogP contribution >= 0.6 is 0 Å². The summed E-state index contributed by atoms with van der Waals surface area (Å²) < 4.78 is 2.42. The molecule has 0 saturated heterocycles. The Labute approximate surface area is 338 Å². The Kier molecular flexibility index (Phi) is 8.19. The molecule has 0 aliphatic carbocycles. The highest BCUT2D eigenvalue weighted by atomic mass is 15.1. The second-order valence-corrected chi connectivity index (χ2v) is 15.0. The molecule has 11 aromatic rings. The van der Waals surface area contributed by atoms with Crippen LogP contribution in [0.1, 0.15) is 0 Å². The summed E-state index contributed by atoms with van der Waals surface area (Å²) in [5.41, 5.74) is 14.1. The molecule has 0 fully saturated rings. The quantitative estimate of drug-likeness (QED) is 0.158. The molecule has 1 heterocycles. The van der Waals surface area contributed by atoms with Gasteiger partial charge in [-0.05, 0) is 122 Å². The fraction of sp³-hybridized carbons (Fsp3) is 0. The van der Waals surface area contributed by atoms with Gasteiger partial charge < -0.3 is 9.47 Å². The van der Waals surface area contributed by atoms with Gasteiger partial charge in [-0.25, -0.2) is 0 Å². The summed E-state index contributed by atoms with van der Waals surface area (Å²) in [6.45, 7) is 0. The summed E-state index contributed by atoms with van der Waals surface area (Å²) in [7, 11) is 0. The lowest BCUT2D eigenvalue weighted by atomic mass is 9.92. The predicted molar refractivity (Wildman–Crippen MR) is 247 cm³/mol. The minimum Gasteiger partial charge on any atom is -0.310 e. The first-order valence-corrected chi connectivity index (χ1v) is 19.9. The fourth-order valence-electron chi connectivity index (χ4n) is 8.82. The van der Waals surface area contributed by atoms with Gasteiger partial charge >= 0.3 is 0 Å². The number of anilines is 3. The molecule has 0 aliphatic rings. The highest BCUT2D eigenvalue weighted by molar-refractivity contribution is 6.23. The van der Waals surface area contributed by atoms with Gasteiger partial charge in [-0.3, -0.25) is 0 Å². The van der Waals surface area contributed by atoms with Crippen LogP contribution in [0.5, 0.6) is 0 Å². The number of aromatic nitrogens is 1. The Morgan fingerprint density at radius 1 is 0.293 bits per heavy atom. The smallest absolute Gasteiger partial charge is 0.0553 e. The Morgan fingerprint density at radius 3 is 1.66 bits per heavy atom. The van der Waals surface area contributed by atoms with E-state index in [1.54, 1.807) is 0 Å². The van der Waals surface area contributed by atoms with E-state index < -0.39 is 0 Å². The standard InChI is InChI=1S/C56H38N2/c1-3-15-39(16-4-1)42-20-13-21-43(35-42)41-29-32-48(33-30-41)57(50-34-31-40-17-7-8-18-44(40)36-50)49-25-14-22-46(37-49)55-51-26-10-9-19-45(51)38-54-56(55)52-27-11-12-28-53(52)58(54)47-23-5-2-6-24-47/h1-38H. The van der Waals surface area contributed by atoms with Crippen molar-refractivity contribution in [1.82, 2.24) is 4.57 Å². The molecule has 0 aliphatic heterocycles. The van der Waals surface area contributed by atoms with E-state index in [0.29, 0.717) is 0 Å². The van der Waals surface area contributed by atoms with E-state index in [4.69, 9.17) is 0 Å². The van der Waals surface area contributed by atoms with Crippen molar-refractivity contribution in [2.75, 3.05) is 4.90 Å². The van der Waals surface area contributed by atoms with Crippen LogP contribution in [0.2, 0.25) is 0 Å². The SMILES string of the molecule is c1ccc(-c2cccc(-c3ccc(N(c4cccc(-c5c6ccccc6cc6c5c5ccccc5n6-c5ccccc5)c4)c4ccc5ccccc5c4)cc3)c2)cc1. The average Bonchev–Trinajstić information content (AvgIpc) is 3.63. The van der Waals surface area contributed by atoms with Gasteiger partial charge in [0, 0.05) is 33.5 Å². The van der Waals surface area contributed by atoms with E-state index in [9.17, 15) is 0 Å². The third kappa shape index (κ3) is 5.82. The summed E-state index contributed by atoms with van der Waals surface area (Å²) >= 11 is 0. The number of hydrogen-bond donors (Lipinski definition) is 0. The number of nitrogens with zero attached hydrogens (tertiary/aromatic N) is 2. The van der Waals surface area contributed by atoms with Crippen molar-refractivity contribution in [2.45, 2.75) is 0 Å². The van der Waals surface area contributed by atoms with Gasteiger partial charge in [-0.1, -0.05) is 164 Å². The van der Waals surface area contributed by atoms with E-state index in [-0.39, 0.29) is 0 Å². The van der Waals surface area contributed by atoms with Gasteiger partial charge in [0.1, 0.15) is 0 Å². The van der Waals surface area contributed by atoms with Crippen molar-refractivity contribution in [1.29, 1.82) is 0 Å². The summed E-state index contributed by atoms with van der Waals surface area (Å²) in [6.07, 6.45) is 0. The Balaban J connectivity index is 1.10. The molecule has 272 valence electrons. The number of hydrogen-bond acceptors (Lipinski definition) is 1. The van der Waals surface area contributed by atoms with E-state index in [1.165, 1.54) is 76.7 Å². The van der Waals surface area contributed by atoms with Crippen LogP contribution < -0.4 is 4.90 Å². The zero-order valence-electron chi connectivity index (χ0n) is 31.8. The Hall–Kier alpha value is -7.68. The van der Waals surface area contributed by atoms with E-state index in [1.807, 2.05) is 0 Å². The van der Waals surface area contributed by atoms with Crippen LogP contribution in [0.4, 0.5) is 17.1 Å². The van der Waals surface area contributed by atoms with E-state index in [2.05, 4.69) is 240 Å². The maximum atomic E-state index is 2.42. The van der Waals surface area contributed by atoms with Gasteiger partial charge in [0.15, 0.2) is 0 Å². The van der Waals surface area contributed by atoms with Crippen molar-refractivity contribution in [3.8, 4) is 39.1 Å². The minimum absolute atomic E-state index is 1.10. The largest absolute Gasteiger partial charge is 0.310 e. The lowest BCUT2D eigenvalue weighted by Gasteiger charge is -2.27. The van der Waals surface area contributed by atoms with Crippen LogP contribution in [0, 0.1) is 0 Å². The molecule has 0 bridgehead atoms. The number of rotatable bonds is 7. The van der Waals surface area contributed by atoms with Crippen molar-refractivity contribution in [3.05, 3.63) is 231 Å². The molecule has 0 atom stereocenters. The summed E-state index contributed by atoms with van der Waals surface area (Å²) in [4.78, 5) is 2.40. The molecule has 10 aromatic carbocycles. The van der Waals surface area contributed by atoms with E-state index >= 15 is 0 Å². The summed E-state index contributed by atoms with van der Waals surface area (Å²) in [5, 5.41) is 7.39. The van der Waals surface area contributed by atoms with Crippen LogP contribution in [-0.2, 0) is 0 Å². The van der Waals surface area contributed by atoms with Crippen LogP contribution in [-0.4, -0.2) is 4.57 Å². The number of benzene rings is 10. The van der Waals surface area contributed by atoms with Crippen LogP contribution in [0.3, 0.4) is 0 Å². The molecule has 11 rings (SSSR count). The van der Waals surface area contributed by atoms with Crippen LogP contribution in [0.25, 0.3) is 82.4 Å². The Bertz CT molecular complexity index is 3270. The zero-order chi connectivity index (χ0) is 38.4. The molecule has 0 spiro atoms. The van der Waals surface area contributed by atoms with Crippen LogP contribution in [0.15, 0.2) is 231 Å². The first-order chi connectivity index (χ1) is 28.8. The van der Waals surface area contributed by atoms with Gasteiger partial charge in [-0.2, -0.15) is 0 Å². The highest BCUT2D eigenvalue weighted by Crippen LogP contribution is 2.45.